The molecule has 0 aliphatic heterocycles. The van der Waals surface area contributed by atoms with Crippen LogP contribution in [0.4, 0.5) is 0 Å². The number of methoxy groups -OCH3 is 1. The quantitative estimate of drug-likeness (QED) is 0.687. The summed E-state index contributed by atoms with van der Waals surface area (Å²) in [7, 11) is -1.91. The maximum Gasteiger partial charge on any atom is 0.244 e. The summed E-state index contributed by atoms with van der Waals surface area (Å²) in [5.41, 5.74) is 1.09. The molecule has 1 heterocycles. The van der Waals surface area contributed by atoms with Gasteiger partial charge in [-0.15, -0.1) is 0 Å². The number of hydrogen-bond donors (Lipinski definition) is 3. The van der Waals surface area contributed by atoms with Gasteiger partial charge in [-0.05, 0) is 19.8 Å². The Morgan fingerprint density at radius 1 is 1.43 bits per heavy atom. The minimum atomic E-state index is -3.56. The summed E-state index contributed by atoms with van der Waals surface area (Å²) in [6.45, 7) is 6.15. The van der Waals surface area contributed by atoms with E-state index in [1.54, 1.807) is 14.0 Å². The molecule has 1 aromatic rings. The lowest BCUT2D eigenvalue weighted by Gasteiger charge is -2.34. The number of ether oxygens (including phenoxy) is 1. The minimum absolute atomic E-state index is 0.0554. The Morgan fingerprint density at radius 3 is 2.67 bits per heavy atom. The number of aromatic nitrogens is 2. The third kappa shape index (κ3) is 3.82. The molecular weight excluding hydrogens is 292 g/mol. The number of nitrogens with one attached hydrogen (secondary N) is 3. The molecule has 8 heteroatoms. The first-order chi connectivity index (χ1) is 9.83. The molecule has 120 valence electrons. The maximum atomic E-state index is 12.5. The van der Waals surface area contributed by atoms with Crippen LogP contribution in [0.5, 0.6) is 0 Å². The van der Waals surface area contributed by atoms with Gasteiger partial charge in [0, 0.05) is 25.7 Å². The Bertz CT molecular complexity index is 576. The number of aromatic amines is 1. The average molecular weight is 316 g/mol. The largest absolute Gasteiger partial charge is 0.381 e. The number of aryl methyl sites for hydroxylation is 1. The van der Waals surface area contributed by atoms with E-state index < -0.39 is 10.0 Å². The molecular formula is C13H24N4O3S. The van der Waals surface area contributed by atoms with Gasteiger partial charge in [-0.25, -0.2) is 13.1 Å². The van der Waals surface area contributed by atoms with Crippen LogP contribution >= 0.6 is 0 Å². The summed E-state index contributed by atoms with van der Waals surface area (Å²) in [5, 5.41) is 10.1. The Balaban J connectivity index is 2.10. The topological polar surface area (TPSA) is 96.1 Å². The number of nitrogens with zero attached hydrogens (tertiary/aromatic N) is 1. The van der Waals surface area contributed by atoms with E-state index in [2.05, 4.69) is 20.2 Å². The minimum Gasteiger partial charge on any atom is -0.381 e. The molecule has 0 unspecified atom stereocenters. The van der Waals surface area contributed by atoms with E-state index in [4.69, 9.17) is 4.74 Å². The second kappa shape index (κ2) is 6.43. The summed E-state index contributed by atoms with van der Waals surface area (Å²) in [5.74, 6) is 0. The first-order valence-electron chi connectivity index (χ1n) is 7.15. The van der Waals surface area contributed by atoms with Crippen LogP contribution in [-0.4, -0.2) is 43.9 Å². The zero-order valence-corrected chi connectivity index (χ0v) is 13.8. The number of sulfonamides is 1. The van der Waals surface area contributed by atoms with Gasteiger partial charge in [0.1, 0.15) is 4.90 Å². The van der Waals surface area contributed by atoms with E-state index in [-0.39, 0.29) is 23.1 Å². The van der Waals surface area contributed by atoms with Crippen molar-refractivity contribution in [3.8, 4) is 0 Å². The lowest BCUT2D eigenvalue weighted by molar-refractivity contribution is 0.0236. The van der Waals surface area contributed by atoms with E-state index >= 15 is 0 Å². The molecule has 1 aliphatic carbocycles. The lowest BCUT2D eigenvalue weighted by Crippen LogP contribution is -2.47. The number of hydrogen-bond acceptors (Lipinski definition) is 5. The van der Waals surface area contributed by atoms with E-state index in [1.807, 2.05) is 13.8 Å². The van der Waals surface area contributed by atoms with Crippen LogP contribution < -0.4 is 10.0 Å². The van der Waals surface area contributed by atoms with Gasteiger partial charge in [0.25, 0.3) is 0 Å². The third-order valence-electron chi connectivity index (χ3n) is 3.66. The SMILES string of the molecule is COC1CC(NS(=O)(=O)c2c(CNC(C)C)n[nH]c2C)C1. The Labute approximate surface area is 125 Å². The molecule has 0 saturated heterocycles. The van der Waals surface area contributed by atoms with Crippen molar-refractivity contribution < 1.29 is 13.2 Å². The predicted molar refractivity (Wildman–Crippen MR) is 79.4 cm³/mol. The van der Waals surface area contributed by atoms with E-state index in [0.717, 1.165) is 0 Å². The molecule has 0 atom stereocenters. The molecule has 1 aromatic heterocycles. The molecule has 0 amide bonds. The van der Waals surface area contributed by atoms with Gasteiger partial charge in [0.05, 0.1) is 17.5 Å². The highest BCUT2D eigenvalue weighted by Crippen LogP contribution is 2.26. The number of rotatable bonds is 7. The van der Waals surface area contributed by atoms with Crippen molar-refractivity contribution in [3.05, 3.63) is 11.4 Å². The zero-order valence-electron chi connectivity index (χ0n) is 12.9. The second-order valence-corrected chi connectivity index (χ2v) is 7.46. The highest BCUT2D eigenvalue weighted by Gasteiger charge is 2.34. The molecule has 0 bridgehead atoms. The molecule has 3 N–H and O–H groups in total. The molecule has 2 rings (SSSR count). The van der Waals surface area contributed by atoms with Crippen molar-refractivity contribution in [2.75, 3.05) is 7.11 Å². The van der Waals surface area contributed by atoms with Crippen molar-refractivity contribution in [1.82, 2.24) is 20.2 Å². The zero-order chi connectivity index (χ0) is 15.6. The predicted octanol–water partition coefficient (Wildman–Crippen LogP) is 0.672. The Hall–Kier alpha value is -0.960. The van der Waals surface area contributed by atoms with Crippen molar-refractivity contribution in [1.29, 1.82) is 0 Å². The van der Waals surface area contributed by atoms with Gasteiger partial charge >= 0.3 is 0 Å². The van der Waals surface area contributed by atoms with Crippen LogP contribution in [0.2, 0.25) is 0 Å². The van der Waals surface area contributed by atoms with E-state index in [9.17, 15) is 8.42 Å². The van der Waals surface area contributed by atoms with Gasteiger partial charge in [-0.2, -0.15) is 5.10 Å². The summed E-state index contributed by atoms with van der Waals surface area (Å²) in [4.78, 5) is 0.261. The molecule has 1 aliphatic rings. The number of H-pyrrole nitrogens is 1. The molecule has 1 saturated carbocycles. The fraction of sp³-hybridized carbons (Fsp3) is 0.769. The van der Waals surface area contributed by atoms with Crippen LogP contribution in [0.1, 0.15) is 38.1 Å². The first kappa shape index (κ1) is 16.4. The molecule has 0 spiro atoms. The summed E-state index contributed by atoms with van der Waals surface area (Å²) in [6.07, 6.45) is 1.59. The monoisotopic (exact) mass is 316 g/mol. The highest BCUT2D eigenvalue weighted by atomic mass is 32.2. The van der Waals surface area contributed by atoms with Crippen LogP contribution in [0.3, 0.4) is 0 Å². The summed E-state index contributed by atoms with van der Waals surface area (Å²) < 4.78 is 33.0. The van der Waals surface area contributed by atoms with Crippen molar-refractivity contribution >= 4 is 10.0 Å². The lowest BCUT2D eigenvalue weighted by atomic mass is 9.90. The molecule has 1 fully saturated rings. The van der Waals surface area contributed by atoms with Crippen LogP contribution in [-0.2, 0) is 21.3 Å². The van der Waals surface area contributed by atoms with E-state index in [1.165, 1.54) is 0 Å². The van der Waals surface area contributed by atoms with Crippen LogP contribution in [0.15, 0.2) is 4.90 Å². The van der Waals surface area contributed by atoms with Gasteiger partial charge in [0.2, 0.25) is 10.0 Å². The average Bonchev–Trinajstić information content (AvgIpc) is 2.72. The fourth-order valence-electron chi connectivity index (χ4n) is 2.38. The van der Waals surface area contributed by atoms with Crippen LogP contribution in [0, 0.1) is 6.92 Å². The van der Waals surface area contributed by atoms with Gasteiger partial charge in [-0.1, -0.05) is 13.8 Å². The normalized spacial score (nSPS) is 22.5. The Kier molecular flexibility index (Phi) is 5.03. The molecule has 0 radical (unpaired) electrons. The van der Waals surface area contributed by atoms with Crippen molar-refractivity contribution in [3.63, 3.8) is 0 Å². The Morgan fingerprint density at radius 2 is 2.10 bits per heavy atom. The summed E-state index contributed by atoms with van der Waals surface area (Å²) >= 11 is 0. The van der Waals surface area contributed by atoms with Gasteiger partial charge < -0.3 is 10.1 Å². The fourth-order valence-corrected chi connectivity index (χ4v) is 4.01. The maximum absolute atomic E-state index is 12.5. The van der Waals surface area contributed by atoms with Gasteiger partial charge in [-0.3, -0.25) is 5.10 Å². The second-order valence-electron chi connectivity index (χ2n) is 5.81. The first-order valence-corrected chi connectivity index (χ1v) is 8.64. The highest BCUT2D eigenvalue weighted by molar-refractivity contribution is 7.89. The van der Waals surface area contributed by atoms with Crippen molar-refractivity contribution in [2.24, 2.45) is 0 Å². The molecule has 7 nitrogen and oxygen atoms in total. The van der Waals surface area contributed by atoms with Crippen LogP contribution in [0.25, 0.3) is 0 Å². The molecule has 21 heavy (non-hydrogen) atoms. The van der Waals surface area contributed by atoms with E-state index in [0.29, 0.717) is 30.8 Å². The van der Waals surface area contributed by atoms with Gasteiger partial charge in [0.15, 0.2) is 0 Å². The standard InChI is InChI=1S/C13H24N4O3S/c1-8(2)14-7-12-13(9(3)15-16-12)21(18,19)17-10-5-11(6-10)20-4/h8,10-11,14,17H,5-7H2,1-4H3,(H,15,16). The third-order valence-corrected chi connectivity index (χ3v) is 5.38. The summed E-state index contributed by atoms with van der Waals surface area (Å²) in [6, 6.07) is 0.208. The molecule has 0 aromatic carbocycles. The van der Waals surface area contributed by atoms with Crippen molar-refractivity contribution in [2.45, 2.75) is 63.2 Å². The smallest absolute Gasteiger partial charge is 0.244 e.